The lowest BCUT2D eigenvalue weighted by atomic mass is 10.0. The number of nitrogens with one attached hydrogen (secondary N) is 2. The molecule has 0 bridgehead atoms. The van der Waals surface area contributed by atoms with Crippen LogP contribution in [-0.2, 0) is 4.79 Å². The predicted octanol–water partition coefficient (Wildman–Crippen LogP) is 3.24. The number of rotatable bonds is 7. The van der Waals surface area contributed by atoms with Gasteiger partial charge in [0.1, 0.15) is 11.8 Å². The largest absolute Gasteiger partial charge is 0.493 e. The van der Waals surface area contributed by atoms with E-state index in [0.29, 0.717) is 23.1 Å². The van der Waals surface area contributed by atoms with E-state index in [1.165, 1.54) is 11.3 Å². The van der Waals surface area contributed by atoms with E-state index in [-0.39, 0.29) is 17.7 Å². The van der Waals surface area contributed by atoms with Gasteiger partial charge in [-0.05, 0) is 31.9 Å². The minimum absolute atomic E-state index is 0.0794. The molecule has 7 heteroatoms. The molecule has 2 aromatic rings. The maximum absolute atomic E-state index is 12.6. The number of benzene rings is 1. The number of carbonyl (C=O) groups is 2. The molecule has 1 atom stereocenters. The number of aromatic nitrogens is 1. The molecule has 2 amide bonds. The molecule has 0 aliphatic rings. The third-order valence-corrected chi connectivity index (χ3v) is 4.39. The van der Waals surface area contributed by atoms with E-state index < -0.39 is 6.04 Å². The smallest absolute Gasteiger partial charge is 0.255 e. The van der Waals surface area contributed by atoms with Crippen molar-refractivity contribution in [2.24, 2.45) is 5.92 Å². The highest BCUT2D eigenvalue weighted by Gasteiger charge is 2.26. The van der Waals surface area contributed by atoms with Crippen molar-refractivity contribution < 1.29 is 14.3 Å². The zero-order chi connectivity index (χ0) is 18.4. The number of aryl methyl sites for hydroxylation is 1. The van der Waals surface area contributed by atoms with Crippen LogP contribution in [0.2, 0.25) is 0 Å². The summed E-state index contributed by atoms with van der Waals surface area (Å²) in [4.78, 5) is 29.4. The molecule has 0 fully saturated rings. The number of para-hydroxylation sites is 1. The van der Waals surface area contributed by atoms with Crippen molar-refractivity contribution in [1.29, 1.82) is 0 Å². The van der Waals surface area contributed by atoms with E-state index in [2.05, 4.69) is 15.6 Å². The van der Waals surface area contributed by atoms with Crippen LogP contribution in [0.1, 0.15) is 36.8 Å². The molecule has 0 unspecified atom stereocenters. The standard InChI is InChI=1S/C18H23N3O3S/c1-5-24-14-9-7-6-8-13(14)16(22)20-15(11(2)3)17(23)21-18-19-12(4)10-25-18/h6-11,15H,5H2,1-4H3,(H,20,22)(H,19,21,23)/t15-/m1/s1. The average Bonchev–Trinajstić information content (AvgIpc) is 2.97. The van der Waals surface area contributed by atoms with Crippen LogP contribution in [0.3, 0.4) is 0 Å². The highest BCUT2D eigenvalue weighted by Crippen LogP contribution is 2.19. The first kappa shape index (κ1) is 18.9. The number of hydrogen-bond donors (Lipinski definition) is 2. The Morgan fingerprint density at radius 3 is 2.60 bits per heavy atom. The monoisotopic (exact) mass is 361 g/mol. The summed E-state index contributed by atoms with van der Waals surface area (Å²) in [5, 5.41) is 7.95. The molecule has 2 rings (SSSR count). The van der Waals surface area contributed by atoms with Crippen LogP contribution < -0.4 is 15.4 Å². The summed E-state index contributed by atoms with van der Waals surface area (Å²) in [6, 6.07) is 6.31. The molecule has 0 aliphatic carbocycles. The molecular weight excluding hydrogens is 338 g/mol. The van der Waals surface area contributed by atoms with Crippen LogP contribution in [0.25, 0.3) is 0 Å². The normalized spacial score (nSPS) is 11.9. The fourth-order valence-electron chi connectivity index (χ4n) is 2.28. The Balaban J connectivity index is 2.13. The highest BCUT2D eigenvalue weighted by molar-refractivity contribution is 7.13. The topological polar surface area (TPSA) is 80.3 Å². The Morgan fingerprint density at radius 2 is 2.00 bits per heavy atom. The van der Waals surface area contributed by atoms with Crippen molar-refractivity contribution in [3.8, 4) is 5.75 Å². The van der Waals surface area contributed by atoms with E-state index in [1.807, 2.05) is 33.1 Å². The molecule has 134 valence electrons. The van der Waals surface area contributed by atoms with Gasteiger partial charge in [0.25, 0.3) is 5.91 Å². The van der Waals surface area contributed by atoms with E-state index in [4.69, 9.17) is 4.74 Å². The summed E-state index contributed by atoms with van der Waals surface area (Å²) in [6.45, 7) is 7.94. The molecule has 1 aromatic heterocycles. The van der Waals surface area contributed by atoms with Gasteiger partial charge in [-0.1, -0.05) is 26.0 Å². The predicted molar refractivity (Wildman–Crippen MR) is 99.2 cm³/mol. The molecule has 1 aromatic carbocycles. The second-order valence-corrected chi connectivity index (χ2v) is 6.77. The second kappa shape index (κ2) is 8.62. The van der Waals surface area contributed by atoms with Gasteiger partial charge in [0.2, 0.25) is 5.91 Å². The SMILES string of the molecule is CCOc1ccccc1C(=O)N[C@@H](C(=O)Nc1nc(C)cs1)C(C)C. The molecule has 1 heterocycles. The van der Waals surface area contributed by atoms with Crippen LogP contribution in [0, 0.1) is 12.8 Å². The number of nitrogens with zero attached hydrogens (tertiary/aromatic N) is 1. The summed E-state index contributed by atoms with van der Waals surface area (Å²) < 4.78 is 5.49. The summed E-state index contributed by atoms with van der Waals surface area (Å²) in [7, 11) is 0. The average molecular weight is 361 g/mol. The Kier molecular flexibility index (Phi) is 6.52. The molecular formula is C18H23N3O3S. The maximum Gasteiger partial charge on any atom is 0.255 e. The number of carbonyl (C=O) groups excluding carboxylic acids is 2. The van der Waals surface area contributed by atoms with E-state index in [1.54, 1.807) is 24.3 Å². The molecule has 0 saturated carbocycles. The maximum atomic E-state index is 12.6. The summed E-state index contributed by atoms with van der Waals surface area (Å²) >= 11 is 1.36. The minimum Gasteiger partial charge on any atom is -0.493 e. The third kappa shape index (κ3) is 5.03. The summed E-state index contributed by atoms with van der Waals surface area (Å²) in [5.41, 5.74) is 1.25. The van der Waals surface area contributed by atoms with Gasteiger partial charge in [-0.2, -0.15) is 0 Å². The van der Waals surface area contributed by atoms with Crippen molar-refractivity contribution in [2.75, 3.05) is 11.9 Å². The van der Waals surface area contributed by atoms with E-state index >= 15 is 0 Å². The van der Waals surface area contributed by atoms with Gasteiger partial charge in [0.05, 0.1) is 17.9 Å². The Morgan fingerprint density at radius 1 is 1.28 bits per heavy atom. The number of thiazole rings is 1. The molecule has 25 heavy (non-hydrogen) atoms. The fraction of sp³-hybridized carbons (Fsp3) is 0.389. The van der Waals surface area contributed by atoms with Crippen molar-refractivity contribution in [3.05, 3.63) is 40.9 Å². The number of hydrogen-bond acceptors (Lipinski definition) is 5. The van der Waals surface area contributed by atoms with Gasteiger partial charge in [-0.15, -0.1) is 11.3 Å². The van der Waals surface area contributed by atoms with Crippen LogP contribution in [-0.4, -0.2) is 29.4 Å². The second-order valence-electron chi connectivity index (χ2n) is 5.91. The zero-order valence-corrected chi connectivity index (χ0v) is 15.6. The number of amides is 2. The highest BCUT2D eigenvalue weighted by atomic mass is 32.1. The van der Waals surface area contributed by atoms with Gasteiger partial charge in [-0.25, -0.2) is 4.98 Å². The van der Waals surface area contributed by atoms with Crippen molar-refractivity contribution in [3.63, 3.8) is 0 Å². The minimum atomic E-state index is -0.675. The molecule has 6 nitrogen and oxygen atoms in total. The molecule has 0 radical (unpaired) electrons. The van der Waals surface area contributed by atoms with Crippen molar-refractivity contribution in [1.82, 2.24) is 10.3 Å². The van der Waals surface area contributed by atoms with Crippen LogP contribution >= 0.6 is 11.3 Å². The van der Waals surface area contributed by atoms with Crippen LogP contribution in [0.5, 0.6) is 5.75 Å². The van der Waals surface area contributed by atoms with Gasteiger partial charge in [-0.3, -0.25) is 9.59 Å². The van der Waals surface area contributed by atoms with Crippen LogP contribution in [0.15, 0.2) is 29.6 Å². The van der Waals surface area contributed by atoms with Gasteiger partial charge >= 0.3 is 0 Å². The van der Waals surface area contributed by atoms with Crippen LogP contribution in [0.4, 0.5) is 5.13 Å². The lowest BCUT2D eigenvalue weighted by molar-refractivity contribution is -0.118. The fourth-order valence-corrected chi connectivity index (χ4v) is 2.98. The van der Waals surface area contributed by atoms with E-state index in [0.717, 1.165) is 5.69 Å². The van der Waals surface area contributed by atoms with E-state index in [9.17, 15) is 9.59 Å². The first-order valence-corrected chi connectivity index (χ1v) is 9.06. The van der Waals surface area contributed by atoms with Gasteiger partial charge < -0.3 is 15.4 Å². The molecule has 2 N–H and O–H groups in total. The van der Waals surface area contributed by atoms with Crippen molar-refractivity contribution >= 4 is 28.3 Å². The first-order valence-electron chi connectivity index (χ1n) is 8.18. The quantitative estimate of drug-likeness (QED) is 0.793. The van der Waals surface area contributed by atoms with Gasteiger partial charge in [0.15, 0.2) is 5.13 Å². The third-order valence-electron chi connectivity index (χ3n) is 3.52. The zero-order valence-electron chi connectivity index (χ0n) is 14.8. The molecule has 0 aliphatic heterocycles. The first-order chi connectivity index (χ1) is 11.9. The lowest BCUT2D eigenvalue weighted by Crippen LogP contribution is -2.47. The lowest BCUT2D eigenvalue weighted by Gasteiger charge is -2.21. The molecule has 0 saturated heterocycles. The summed E-state index contributed by atoms with van der Waals surface area (Å²) in [5.74, 6) is -0.204. The Hall–Kier alpha value is -2.41. The summed E-state index contributed by atoms with van der Waals surface area (Å²) in [6.07, 6.45) is 0. The Labute approximate surface area is 151 Å². The van der Waals surface area contributed by atoms with Crippen molar-refractivity contribution in [2.45, 2.75) is 33.7 Å². The number of ether oxygens (including phenoxy) is 1. The van der Waals surface area contributed by atoms with Gasteiger partial charge in [0, 0.05) is 5.38 Å². The Bertz CT molecular complexity index is 743. The number of anilines is 1. The molecule has 0 spiro atoms.